The Bertz CT molecular complexity index is 548. The monoisotopic (exact) mass is 284 g/mol. The van der Waals surface area contributed by atoms with Crippen molar-refractivity contribution < 1.29 is 4.79 Å². The molecule has 1 atom stereocenters. The van der Waals surface area contributed by atoms with Crippen molar-refractivity contribution >= 4 is 11.6 Å². The van der Waals surface area contributed by atoms with Crippen LogP contribution in [0.4, 0.5) is 5.69 Å². The van der Waals surface area contributed by atoms with Gasteiger partial charge in [0.2, 0.25) is 0 Å². The Balaban J connectivity index is 1.55. The summed E-state index contributed by atoms with van der Waals surface area (Å²) in [5.74, 6) is 1.00. The Labute approximate surface area is 126 Å². The summed E-state index contributed by atoms with van der Waals surface area (Å²) in [6.07, 6.45) is 8.81. The van der Waals surface area contributed by atoms with Gasteiger partial charge in [0.25, 0.3) is 5.91 Å². The number of hydrogen-bond acceptors (Lipinski definition) is 2. The number of nitrogens with one attached hydrogen (secondary N) is 1. The number of amides is 1. The molecule has 1 amide bonds. The zero-order valence-electron chi connectivity index (χ0n) is 12.6. The minimum absolute atomic E-state index is 0.251. The third-order valence-corrected chi connectivity index (χ3v) is 5.57. The molecule has 0 aromatic heterocycles. The molecule has 1 aromatic rings. The molecule has 0 bridgehead atoms. The van der Waals surface area contributed by atoms with Gasteiger partial charge in [-0.1, -0.05) is 18.9 Å². The number of rotatable bonds is 2. The van der Waals surface area contributed by atoms with Crippen LogP contribution in [0.5, 0.6) is 0 Å². The van der Waals surface area contributed by atoms with Gasteiger partial charge in [0.15, 0.2) is 0 Å². The van der Waals surface area contributed by atoms with Crippen LogP contribution in [0.1, 0.15) is 54.4 Å². The van der Waals surface area contributed by atoms with E-state index in [1.165, 1.54) is 44.1 Å². The number of nitrogens with zero attached hydrogens (tertiary/aromatic N) is 1. The summed E-state index contributed by atoms with van der Waals surface area (Å²) in [4.78, 5) is 15.1. The average Bonchev–Trinajstić information content (AvgIpc) is 3.24. The number of carbonyl (C=O) groups is 1. The first-order valence-corrected chi connectivity index (χ1v) is 8.51. The summed E-state index contributed by atoms with van der Waals surface area (Å²) in [5.41, 5.74) is 3.38. The molecule has 1 aromatic carbocycles. The molecule has 1 N–H and O–H groups in total. The Kier molecular flexibility index (Phi) is 3.36. The molecule has 2 fully saturated rings. The Morgan fingerprint density at radius 1 is 1.14 bits per heavy atom. The Morgan fingerprint density at radius 3 is 2.86 bits per heavy atom. The van der Waals surface area contributed by atoms with E-state index in [1.807, 2.05) is 6.07 Å². The maximum Gasteiger partial charge on any atom is 0.254 e. The highest BCUT2D eigenvalue weighted by Gasteiger charge is 2.36. The molecule has 2 heterocycles. The van der Waals surface area contributed by atoms with E-state index in [9.17, 15) is 4.79 Å². The summed E-state index contributed by atoms with van der Waals surface area (Å²) in [6, 6.07) is 6.72. The van der Waals surface area contributed by atoms with Gasteiger partial charge in [-0.2, -0.15) is 0 Å². The topological polar surface area (TPSA) is 32.3 Å². The second-order valence-corrected chi connectivity index (χ2v) is 6.80. The lowest BCUT2D eigenvalue weighted by Gasteiger charge is -2.29. The van der Waals surface area contributed by atoms with Crippen molar-refractivity contribution in [2.45, 2.75) is 51.0 Å². The standard InChI is InChI=1S/C18H24N2O/c21-18(15-8-7-13-9-10-19-16(13)12-15)20-11-3-6-17(20)14-4-1-2-5-14/h7-8,12,14,17,19H,1-6,9-11H2. The van der Waals surface area contributed by atoms with Gasteiger partial charge in [0.05, 0.1) is 0 Å². The quantitative estimate of drug-likeness (QED) is 0.902. The summed E-state index contributed by atoms with van der Waals surface area (Å²) in [6.45, 7) is 1.95. The van der Waals surface area contributed by atoms with Gasteiger partial charge < -0.3 is 10.2 Å². The third kappa shape index (κ3) is 2.33. The van der Waals surface area contributed by atoms with Gasteiger partial charge in [-0.25, -0.2) is 0 Å². The van der Waals surface area contributed by atoms with Gasteiger partial charge in [0, 0.05) is 30.4 Å². The molecule has 1 aliphatic carbocycles. The van der Waals surface area contributed by atoms with Gasteiger partial charge >= 0.3 is 0 Å². The van der Waals surface area contributed by atoms with E-state index in [4.69, 9.17) is 0 Å². The number of anilines is 1. The fourth-order valence-electron chi connectivity index (χ4n) is 4.47. The fourth-order valence-corrected chi connectivity index (χ4v) is 4.47. The van der Waals surface area contributed by atoms with E-state index >= 15 is 0 Å². The highest BCUT2D eigenvalue weighted by molar-refractivity contribution is 5.96. The first-order chi connectivity index (χ1) is 10.3. The third-order valence-electron chi connectivity index (χ3n) is 5.57. The van der Waals surface area contributed by atoms with Crippen molar-refractivity contribution in [3.63, 3.8) is 0 Å². The SMILES string of the molecule is O=C(c1ccc2c(c1)NCC2)N1CCCC1C1CCCC1. The summed E-state index contributed by atoms with van der Waals surface area (Å²) >= 11 is 0. The molecule has 3 nitrogen and oxygen atoms in total. The zero-order chi connectivity index (χ0) is 14.2. The molecule has 3 heteroatoms. The van der Waals surface area contributed by atoms with Crippen LogP contribution in [0, 0.1) is 5.92 Å². The van der Waals surface area contributed by atoms with Crippen molar-refractivity contribution in [1.29, 1.82) is 0 Å². The largest absolute Gasteiger partial charge is 0.384 e. The molecular formula is C18H24N2O. The first-order valence-electron chi connectivity index (χ1n) is 8.51. The zero-order valence-corrected chi connectivity index (χ0v) is 12.6. The predicted molar refractivity (Wildman–Crippen MR) is 84.7 cm³/mol. The number of likely N-dealkylation sites (tertiary alicyclic amines) is 1. The average molecular weight is 284 g/mol. The molecule has 0 radical (unpaired) electrons. The van der Waals surface area contributed by atoms with Crippen LogP contribution in [-0.2, 0) is 6.42 Å². The molecule has 4 rings (SSSR count). The van der Waals surface area contributed by atoms with Crippen molar-refractivity contribution in [2.24, 2.45) is 5.92 Å². The van der Waals surface area contributed by atoms with Crippen molar-refractivity contribution in [2.75, 3.05) is 18.4 Å². The van der Waals surface area contributed by atoms with Crippen LogP contribution in [-0.4, -0.2) is 29.9 Å². The normalized spacial score (nSPS) is 25.1. The van der Waals surface area contributed by atoms with Crippen LogP contribution in [0.25, 0.3) is 0 Å². The van der Waals surface area contributed by atoms with E-state index < -0.39 is 0 Å². The minimum atomic E-state index is 0.251. The lowest BCUT2D eigenvalue weighted by molar-refractivity contribution is 0.0689. The number of carbonyl (C=O) groups excluding carboxylic acids is 1. The van der Waals surface area contributed by atoms with Crippen molar-refractivity contribution in [3.8, 4) is 0 Å². The summed E-state index contributed by atoms with van der Waals surface area (Å²) in [7, 11) is 0. The molecule has 0 spiro atoms. The molecular weight excluding hydrogens is 260 g/mol. The van der Waals surface area contributed by atoms with Crippen LogP contribution in [0.2, 0.25) is 0 Å². The van der Waals surface area contributed by atoms with Gasteiger partial charge in [-0.15, -0.1) is 0 Å². The number of hydrogen-bond donors (Lipinski definition) is 1. The van der Waals surface area contributed by atoms with Crippen LogP contribution < -0.4 is 5.32 Å². The smallest absolute Gasteiger partial charge is 0.254 e. The minimum Gasteiger partial charge on any atom is -0.384 e. The molecule has 2 aliphatic heterocycles. The van der Waals surface area contributed by atoms with Gasteiger partial charge in [-0.3, -0.25) is 4.79 Å². The van der Waals surface area contributed by atoms with E-state index in [-0.39, 0.29) is 5.91 Å². The Morgan fingerprint density at radius 2 is 2.00 bits per heavy atom. The van der Waals surface area contributed by atoms with Gasteiger partial charge in [-0.05, 0) is 55.7 Å². The van der Waals surface area contributed by atoms with E-state index in [1.54, 1.807) is 0 Å². The maximum atomic E-state index is 12.9. The van der Waals surface area contributed by atoms with E-state index in [2.05, 4.69) is 22.3 Å². The number of benzene rings is 1. The highest BCUT2D eigenvalue weighted by Crippen LogP contribution is 2.36. The maximum absolute atomic E-state index is 12.9. The van der Waals surface area contributed by atoms with E-state index in [0.717, 1.165) is 36.7 Å². The lowest BCUT2D eigenvalue weighted by Crippen LogP contribution is -2.39. The van der Waals surface area contributed by atoms with Crippen molar-refractivity contribution in [3.05, 3.63) is 29.3 Å². The van der Waals surface area contributed by atoms with E-state index in [0.29, 0.717) is 6.04 Å². The second-order valence-electron chi connectivity index (χ2n) is 6.80. The van der Waals surface area contributed by atoms with Crippen molar-refractivity contribution in [1.82, 2.24) is 4.90 Å². The van der Waals surface area contributed by atoms with Crippen LogP contribution in [0.3, 0.4) is 0 Å². The summed E-state index contributed by atoms with van der Waals surface area (Å²) in [5, 5.41) is 3.38. The Hall–Kier alpha value is -1.51. The number of fused-ring (bicyclic) bond motifs is 1. The molecule has 1 unspecified atom stereocenters. The van der Waals surface area contributed by atoms with Gasteiger partial charge in [0.1, 0.15) is 0 Å². The van der Waals surface area contributed by atoms with Crippen LogP contribution >= 0.6 is 0 Å². The molecule has 112 valence electrons. The first kappa shape index (κ1) is 13.2. The molecule has 1 saturated carbocycles. The molecule has 21 heavy (non-hydrogen) atoms. The molecule has 1 saturated heterocycles. The lowest BCUT2D eigenvalue weighted by atomic mass is 9.95. The molecule has 3 aliphatic rings. The fraction of sp³-hybridized carbons (Fsp3) is 0.611. The second kappa shape index (κ2) is 5.36. The predicted octanol–water partition coefficient (Wildman–Crippen LogP) is 3.45. The van der Waals surface area contributed by atoms with Crippen LogP contribution in [0.15, 0.2) is 18.2 Å². The summed E-state index contributed by atoms with van der Waals surface area (Å²) < 4.78 is 0. The highest BCUT2D eigenvalue weighted by atomic mass is 16.2.